The highest BCUT2D eigenvalue weighted by Gasteiger charge is 2.34. The second-order valence-electron chi connectivity index (χ2n) is 4.54. The molecule has 1 saturated carbocycles. The topological polar surface area (TPSA) is 40.5 Å². The first-order valence-electron chi connectivity index (χ1n) is 5.48. The number of aliphatic hydroxyl groups excluding tert-OH is 1. The molecule has 0 heterocycles. The van der Waals surface area contributed by atoms with E-state index >= 15 is 0 Å². The molecule has 0 radical (unpaired) electrons. The normalized spacial score (nSPS) is 25.8. The SMILES string of the molecule is CCC(CC1(O)CCCC1)C(C)O. The molecule has 0 amide bonds. The molecule has 2 atom stereocenters. The zero-order valence-corrected chi connectivity index (χ0v) is 8.79. The van der Waals surface area contributed by atoms with Gasteiger partial charge >= 0.3 is 0 Å². The molecule has 78 valence electrons. The Morgan fingerprint density at radius 2 is 1.85 bits per heavy atom. The Labute approximate surface area is 81.0 Å². The lowest BCUT2D eigenvalue weighted by Gasteiger charge is -2.29. The lowest BCUT2D eigenvalue weighted by atomic mass is 9.85. The fourth-order valence-corrected chi connectivity index (χ4v) is 2.38. The molecule has 0 aromatic heterocycles. The molecule has 0 saturated heterocycles. The number of rotatable bonds is 4. The van der Waals surface area contributed by atoms with Crippen LogP contribution in [0, 0.1) is 5.92 Å². The molecule has 0 bridgehead atoms. The molecule has 2 heteroatoms. The Kier molecular flexibility index (Phi) is 3.74. The van der Waals surface area contributed by atoms with Crippen molar-refractivity contribution in [2.45, 2.75) is 64.1 Å². The fourth-order valence-electron chi connectivity index (χ4n) is 2.38. The minimum atomic E-state index is -0.461. The lowest BCUT2D eigenvalue weighted by Crippen LogP contribution is -2.31. The Balaban J connectivity index is 2.44. The minimum absolute atomic E-state index is 0.267. The number of hydrogen-bond donors (Lipinski definition) is 2. The highest BCUT2D eigenvalue weighted by molar-refractivity contribution is 4.87. The van der Waals surface area contributed by atoms with Crippen LogP contribution in [0.25, 0.3) is 0 Å². The van der Waals surface area contributed by atoms with Crippen LogP contribution >= 0.6 is 0 Å². The van der Waals surface area contributed by atoms with Gasteiger partial charge in [-0.3, -0.25) is 0 Å². The summed E-state index contributed by atoms with van der Waals surface area (Å²) in [6.07, 6.45) is 5.60. The average Bonchev–Trinajstić information content (AvgIpc) is 2.48. The van der Waals surface area contributed by atoms with Crippen LogP contribution in [0.3, 0.4) is 0 Å². The van der Waals surface area contributed by atoms with Crippen LogP contribution in [0.2, 0.25) is 0 Å². The maximum absolute atomic E-state index is 10.1. The van der Waals surface area contributed by atoms with E-state index < -0.39 is 5.60 Å². The molecule has 0 aromatic rings. The molecule has 1 fully saturated rings. The third kappa shape index (κ3) is 2.96. The molecule has 1 rings (SSSR count). The van der Waals surface area contributed by atoms with E-state index in [4.69, 9.17) is 0 Å². The largest absolute Gasteiger partial charge is 0.393 e. The molecule has 2 N–H and O–H groups in total. The fraction of sp³-hybridized carbons (Fsp3) is 1.00. The zero-order chi connectivity index (χ0) is 9.90. The van der Waals surface area contributed by atoms with Crippen LogP contribution in [-0.4, -0.2) is 21.9 Å². The molecule has 2 unspecified atom stereocenters. The van der Waals surface area contributed by atoms with Gasteiger partial charge in [-0.15, -0.1) is 0 Å². The average molecular weight is 186 g/mol. The summed E-state index contributed by atoms with van der Waals surface area (Å²) >= 11 is 0. The van der Waals surface area contributed by atoms with Crippen molar-refractivity contribution in [1.29, 1.82) is 0 Å². The molecule has 13 heavy (non-hydrogen) atoms. The van der Waals surface area contributed by atoms with E-state index in [-0.39, 0.29) is 12.0 Å². The van der Waals surface area contributed by atoms with Crippen molar-refractivity contribution in [3.63, 3.8) is 0 Å². The molecular weight excluding hydrogens is 164 g/mol. The van der Waals surface area contributed by atoms with Gasteiger partial charge in [-0.05, 0) is 32.1 Å². The van der Waals surface area contributed by atoms with Gasteiger partial charge in [0.2, 0.25) is 0 Å². The van der Waals surface area contributed by atoms with Crippen molar-refractivity contribution in [1.82, 2.24) is 0 Å². The van der Waals surface area contributed by atoms with Gasteiger partial charge in [-0.25, -0.2) is 0 Å². The monoisotopic (exact) mass is 186 g/mol. The smallest absolute Gasteiger partial charge is 0.0651 e. The summed E-state index contributed by atoms with van der Waals surface area (Å²) < 4.78 is 0. The first-order chi connectivity index (χ1) is 6.07. The van der Waals surface area contributed by atoms with Crippen molar-refractivity contribution < 1.29 is 10.2 Å². The van der Waals surface area contributed by atoms with Gasteiger partial charge < -0.3 is 10.2 Å². The third-order valence-corrected chi connectivity index (χ3v) is 3.38. The van der Waals surface area contributed by atoms with E-state index in [9.17, 15) is 10.2 Å². The Hall–Kier alpha value is -0.0800. The Morgan fingerprint density at radius 3 is 2.23 bits per heavy atom. The summed E-state index contributed by atoms with van der Waals surface area (Å²) in [4.78, 5) is 0. The summed E-state index contributed by atoms with van der Waals surface area (Å²) in [7, 11) is 0. The lowest BCUT2D eigenvalue weighted by molar-refractivity contribution is -0.00458. The molecule has 0 aliphatic heterocycles. The summed E-state index contributed by atoms with van der Waals surface area (Å²) in [6, 6.07) is 0. The predicted octanol–water partition coefficient (Wildman–Crippen LogP) is 2.09. The van der Waals surface area contributed by atoms with E-state index in [1.807, 2.05) is 6.92 Å². The van der Waals surface area contributed by atoms with Crippen molar-refractivity contribution in [3.8, 4) is 0 Å². The second-order valence-corrected chi connectivity index (χ2v) is 4.54. The van der Waals surface area contributed by atoms with Crippen molar-refractivity contribution >= 4 is 0 Å². The van der Waals surface area contributed by atoms with Gasteiger partial charge in [0.1, 0.15) is 0 Å². The zero-order valence-electron chi connectivity index (χ0n) is 8.79. The molecule has 1 aliphatic rings. The predicted molar refractivity (Wildman–Crippen MR) is 53.5 cm³/mol. The van der Waals surface area contributed by atoms with Crippen LogP contribution in [-0.2, 0) is 0 Å². The molecule has 1 aliphatic carbocycles. The van der Waals surface area contributed by atoms with Gasteiger partial charge in [0, 0.05) is 0 Å². The minimum Gasteiger partial charge on any atom is -0.393 e. The van der Waals surface area contributed by atoms with Crippen LogP contribution in [0.15, 0.2) is 0 Å². The third-order valence-electron chi connectivity index (χ3n) is 3.38. The standard InChI is InChI=1S/C11H22O2/c1-3-10(9(2)12)8-11(13)6-4-5-7-11/h9-10,12-13H,3-8H2,1-2H3. The van der Waals surface area contributed by atoms with Crippen LogP contribution in [0.4, 0.5) is 0 Å². The van der Waals surface area contributed by atoms with Crippen molar-refractivity contribution in [3.05, 3.63) is 0 Å². The van der Waals surface area contributed by atoms with E-state index in [1.165, 1.54) is 0 Å². The summed E-state index contributed by atoms with van der Waals surface area (Å²) in [5, 5.41) is 19.6. The first kappa shape index (κ1) is 11.0. The molecule has 0 aromatic carbocycles. The summed E-state index contributed by atoms with van der Waals surface area (Å²) in [5.41, 5.74) is -0.461. The van der Waals surface area contributed by atoms with Crippen LogP contribution in [0.5, 0.6) is 0 Å². The summed E-state index contributed by atoms with van der Waals surface area (Å²) in [5.74, 6) is 0.267. The van der Waals surface area contributed by atoms with Crippen LogP contribution < -0.4 is 0 Å². The quantitative estimate of drug-likeness (QED) is 0.705. The molecule has 0 spiro atoms. The highest BCUT2D eigenvalue weighted by atomic mass is 16.3. The van der Waals surface area contributed by atoms with E-state index in [2.05, 4.69) is 6.92 Å². The van der Waals surface area contributed by atoms with E-state index in [1.54, 1.807) is 0 Å². The van der Waals surface area contributed by atoms with Crippen LogP contribution in [0.1, 0.15) is 52.4 Å². The first-order valence-corrected chi connectivity index (χ1v) is 5.48. The number of aliphatic hydroxyl groups is 2. The molecule has 2 nitrogen and oxygen atoms in total. The summed E-state index contributed by atoms with van der Waals surface area (Å²) in [6.45, 7) is 3.90. The number of hydrogen-bond acceptors (Lipinski definition) is 2. The van der Waals surface area contributed by atoms with E-state index in [0.717, 1.165) is 38.5 Å². The second kappa shape index (κ2) is 4.43. The van der Waals surface area contributed by atoms with Gasteiger partial charge in [0.15, 0.2) is 0 Å². The van der Waals surface area contributed by atoms with Crippen molar-refractivity contribution in [2.24, 2.45) is 5.92 Å². The maximum atomic E-state index is 10.1. The van der Waals surface area contributed by atoms with Gasteiger partial charge in [0.05, 0.1) is 11.7 Å². The van der Waals surface area contributed by atoms with Gasteiger partial charge in [0.25, 0.3) is 0 Å². The molecular formula is C11H22O2. The van der Waals surface area contributed by atoms with Gasteiger partial charge in [-0.1, -0.05) is 26.2 Å². The van der Waals surface area contributed by atoms with E-state index in [0.29, 0.717) is 0 Å². The Bertz CT molecular complexity index is 148. The Morgan fingerprint density at radius 1 is 1.31 bits per heavy atom. The van der Waals surface area contributed by atoms with Gasteiger partial charge in [-0.2, -0.15) is 0 Å². The maximum Gasteiger partial charge on any atom is 0.0651 e. The van der Waals surface area contributed by atoms with Crippen molar-refractivity contribution in [2.75, 3.05) is 0 Å². The highest BCUT2D eigenvalue weighted by Crippen LogP contribution is 2.36.